The van der Waals surface area contributed by atoms with E-state index in [0.717, 1.165) is 6.04 Å². The Morgan fingerprint density at radius 3 is 3.00 bits per heavy atom. The molecular weight excluding hydrogens is 254 g/mol. The standard InChI is InChI=1S/C15H25N3S/c1-4-13-9-17-7-5-6-14(17)10-18(13)12(3)15-16-8-11(2)19-15/h8,12-14H,4-7,9-10H2,1-3H3. The van der Waals surface area contributed by atoms with Gasteiger partial charge in [-0.3, -0.25) is 9.80 Å². The van der Waals surface area contributed by atoms with Gasteiger partial charge >= 0.3 is 0 Å². The van der Waals surface area contributed by atoms with E-state index in [9.17, 15) is 0 Å². The zero-order valence-electron chi connectivity index (χ0n) is 12.3. The summed E-state index contributed by atoms with van der Waals surface area (Å²) in [4.78, 5) is 11.4. The Hall–Kier alpha value is -0.450. The average Bonchev–Trinajstić information content (AvgIpc) is 3.04. The maximum atomic E-state index is 4.61. The van der Waals surface area contributed by atoms with Crippen LogP contribution in [0.25, 0.3) is 0 Å². The van der Waals surface area contributed by atoms with Crippen molar-refractivity contribution in [1.29, 1.82) is 0 Å². The van der Waals surface area contributed by atoms with Gasteiger partial charge in [-0.05, 0) is 39.7 Å². The maximum Gasteiger partial charge on any atom is 0.110 e. The second kappa shape index (κ2) is 5.51. The number of aryl methyl sites for hydroxylation is 1. The van der Waals surface area contributed by atoms with Crippen LogP contribution in [0, 0.1) is 6.92 Å². The van der Waals surface area contributed by atoms with Crippen molar-refractivity contribution in [3.63, 3.8) is 0 Å². The Kier molecular flexibility index (Phi) is 3.92. The molecule has 0 spiro atoms. The molecule has 0 saturated carbocycles. The van der Waals surface area contributed by atoms with Crippen molar-refractivity contribution in [2.24, 2.45) is 0 Å². The van der Waals surface area contributed by atoms with Crippen LogP contribution in [0.4, 0.5) is 0 Å². The van der Waals surface area contributed by atoms with Crippen LogP contribution in [-0.4, -0.2) is 46.5 Å². The quantitative estimate of drug-likeness (QED) is 0.847. The van der Waals surface area contributed by atoms with E-state index < -0.39 is 0 Å². The Labute approximate surface area is 120 Å². The van der Waals surface area contributed by atoms with E-state index in [4.69, 9.17) is 0 Å². The molecule has 3 unspecified atom stereocenters. The second-order valence-electron chi connectivity index (χ2n) is 6.03. The molecule has 1 aromatic heterocycles. The number of rotatable bonds is 3. The summed E-state index contributed by atoms with van der Waals surface area (Å²) in [5, 5.41) is 1.29. The molecule has 0 radical (unpaired) electrons. The first kappa shape index (κ1) is 13.5. The van der Waals surface area contributed by atoms with Crippen LogP contribution in [-0.2, 0) is 0 Å². The number of aromatic nitrogens is 1. The number of nitrogens with zero attached hydrogens (tertiary/aromatic N) is 3. The van der Waals surface area contributed by atoms with Crippen molar-refractivity contribution in [3.05, 3.63) is 16.1 Å². The molecule has 0 aromatic carbocycles. The molecule has 2 aliphatic rings. The Balaban J connectivity index is 1.77. The molecule has 3 heterocycles. The van der Waals surface area contributed by atoms with Crippen LogP contribution >= 0.6 is 11.3 Å². The lowest BCUT2D eigenvalue weighted by atomic mass is 10.0. The van der Waals surface area contributed by atoms with Crippen molar-refractivity contribution in [2.75, 3.05) is 19.6 Å². The van der Waals surface area contributed by atoms with Crippen LogP contribution in [0.2, 0.25) is 0 Å². The van der Waals surface area contributed by atoms with Crippen LogP contribution in [0.5, 0.6) is 0 Å². The average molecular weight is 279 g/mol. The van der Waals surface area contributed by atoms with Crippen LogP contribution in [0.15, 0.2) is 6.20 Å². The molecule has 2 aliphatic heterocycles. The summed E-state index contributed by atoms with van der Waals surface area (Å²) >= 11 is 1.86. The van der Waals surface area contributed by atoms with E-state index in [2.05, 4.69) is 35.6 Å². The number of hydrogen-bond donors (Lipinski definition) is 0. The molecule has 0 amide bonds. The molecule has 2 saturated heterocycles. The Bertz CT molecular complexity index is 431. The van der Waals surface area contributed by atoms with Crippen LogP contribution in [0.3, 0.4) is 0 Å². The molecule has 2 fully saturated rings. The van der Waals surface area contributed by atoms with Gasteiger partial charge < -0.3 is 0 Å². The fourth-order valence-corrected chi connectivity index (χ4v) is 4.50. The summed E-state index contributed by atoms with van der Waals surface area (Å²) in [6.45, 7) is 10.6. The topological polar surface area (TPSA) is 19.4 Å². The smallest absolute Gasteiger partial charge is 0.110 e. The highest BCUT2D eigenvalue weighted by molar-refractivity contribution is 7.11. The number of thiazole rings is 1. The Morgan fingerprint density at radius 1 is 1.47 bits per heavy atom. The van der Waals surface area contributed by atoms with E-state index in [-0.39, 0.29) is 0 Å². The van der Waals surface area contributed by atoms with Crippen molar-refractivity contribution >= 4 is 11.3 Å². The van der Waals surface area contributed by atoms with Crippen LogP contribution in [0.1, 0.15) is 49.0 Å². The molecular formula is C15H25N3S. The number of fused-ring (bicyclic) bond motifs is 1. The summed E-state index contributed by atoms with van der Waals surface area (Å²) < 4.78 is 0. The Morgan fingerprint density at radius 2 is 2.32 bits per heavy atom. The van der Waals surface area contributed by atoms with Crippen LogP contribution < -0.4 is 0 Å². The van der Waals surface area contributed by atoms with E-state index in [1.165, 1.54) is 48.8 Å². The van der Waals surface area contributed by atoms with Crippen molar-refractivity contribution in [3.8, 4) is 0 Å². The predicted octanol–water partition coefficient (Wildman–Crippen LogP) is 3.07. The van der Waals surface area contributed by atoms with Gasteiger partial charge in [0.2, 0.25) is 0 Å². The first-order chi connectivity index (χ1) is 9.19. The normalized spacial score (nSPS) is 30.5. The van der Waals surface area contributed by atoms with Gasteiger partial charge in [0, 0.05) is 36.2 Å². The lowest BCUT2D eigenvalue weighted by Crippen LogP contribution is -2.56. The highest BCUT2D eigenvalue weighted by atomic mass is 32.1. The molecule has 0 N–H and O–H groups in total. The first-order valence-electron chi connectivity index (χ1n) is 7.61. The van der Waals surface area contributed by atoms with E-state index in [1.807, 2.05) is 17.5 Å². The minimum atomic E-state index is 0.478. The molecule has 0 aliphatic carbocycles. The van der Waals surface area contributed by atoms with Gasteiger partial charge in [-0.2, -0.15) is 0 Å². The van der Waals surface area contributed by atoms with Crippen molar-refractivity contribution in [2.45, 2.75) is 58.2 Å². The monoisotopic (exact) mass is 279 g/mol. The number of hydrogen-bond acceptors (Lipinski definition) is 4. The van der Waals surface area contributed by atoms with Crippen molar-refractivity contribution < 1.29 is 0 Å². The summed E-state index contributed by atoms with van der Waals surface area (Å²) in [5.41, 5.74) is 0. The maximum absolute atomic E-state index is 4.61. The van der Waals surface area contributed by atoms with Gasteiger partial charge in [-0.15, -0.1) is 11.3 Å². The molecule has 1 aromatic rings. The van der Waals surface area contributed by atoms with Gasteiger partial charge in [0.25, 0.3) is 0 Å². The third-order valence-electron chi connectivity index (χ3n) is 4.80. The molecule has 19 heavy (non-hydrogen) atoms. The minimum Gasteiger partial charge on any atom is -0.298 e. The zero-order chi connectivity index (χ0) is 13.4. The van der Waals surface area contributed by atoms with Crippen molar-refractivity contribution in [1.82, 2.24) is 14.8 Å². The third-order valence-corrected chi connectivity index (χ3v) is 5.88. The predicted molar refractivity (Wildman–Crippen MR) is 80.6 cm³/mol. The highest BCUT2D eigenvalue weighted by Gasteiger charge is 2.38. The van der Waals surface area contributed by atoms with Gasteiger partial charge in [0.1, 0.15) is 5.01 Å². The molecule has 0 bridgehead atoms. The molecule has 3 atom stereocenters. The zero-order valence-corrected chi connectivity index (χ0v) is 13.1. The highest BCUT2D eigenvalue weighted by Crippen LogP contribution is 2.33. The molecule has 4 heteroatoms. The van der Waals surface area contributed by atoms with Gasteiger partial charge in [0.05, 0.1) is 6.04 Å². The van der Waals surface area contributed by atoms with E-state index in [0.29, 0.717) is 12.1 Å². The second-order valence-corrected chi connectivity index (χ2v) is 7.30. The lowest BCUT2D eigenvalue weighted by Gasteiger charge is -2.45. The first-order valence-corrected chi connectivity index (χ1v) is 8.42. The largest absolute Gasteiger partial charge is 0.298 e. The van der Waals surface area contributed by atoms with E-state index in [1.54, 1.807) is 0 Å². The van der Waals surface area contributed by atoms with Gasteiger partial charge in [-0.1, -0.05) is 6.92 Å². The van der Waals surface area contributed by atoms with Gasteiger partial charge in [0.15, 0.2) is 0 Å². The lowest BCUT2D eigenvalue weighted by molar-refractivity contribution is 0.0227. The SMILES string of the molecule is CCC1CN2CCCC2CN1C(C)c1ncc(C)s1. The summed E-state index contributed by atoms with van der Waals surface area (Å²) in [6, 6.07) is 1.98. The third kappa shape index (κ3) is 2.58. The summed E-state index contributed by atoms with van der Waals surface area (Å²) in [6.07, 6.45) is 6.04. The molecule has 3 nitrogen and oxygen atoms in total. The van der Waals surface area contributed by atoms with E-state index >= 15 is 0 Å². The summed E-state index contributed by atoms with van der Waals surface area (Å²) in [5.74, 6) is 0. The minimum absolute atomic E-state index is 0.478. The summed E-state index contributed by atoms with van der Waals surface area (Å²) in [7, 11) is 0. The van der Waals surface area contributed by atoms with Gasteiger partial charge in [-0.25, -0.2) is 4.98 Å². The fourth-order valence-electron chi connectivity index (χ4n) is 3.66. The molecule has 3 rings (SSSR count). The fraction of sp³-hybridized carbons (Fsp3) is 0.800. The molecule has 106 valence electrons. The number of piperazine rings is 1.